The topological polar surface area (TPSA) is 85.0 Å². The summed E-state index contributed by atoms with van der Waals surface area (Å²) in [6.07, 6.45) is 0. The number of hydrogen-bond donors (Lipinski definition) is 1. The number of anilines is 1. The second-order valence-corrected chi connectivity index (χ2v) is 7.52. The fourth-order valence-electron chi connectivity index (χ4n) is 3.63. The lowest BCUT2D eigenvalue weighted by atomic mass is 9.94. The Labute approximate surface area is 184 Å². The number of methoxy groups -OCH3 is 1. The van der Waals surface area contributed by atoms with Gasteiger partial charge in [0.25, 0.3) is 0 Å². The maximum absolute atomic E-state index is 12.6. The number of carbonyl (C=O) groups is 2. The third-order valence-corrected chi connectivity index (χ3v) is 5.59. The zero-order valence-electron chi connectivity index (χ0n) is 17.1. The van der Waals surface area contributed by atoms with Gasteiger partial charge in [-0.1, -0.05) is 41.9 Å². The molecule has 1 aliphatic rings. The van der Waals surface area contributed by atoms with Gasteiger partial charge in [0.1, 0.15) is 12.3 Å². The maximum Gasteiger partial charge on any atom is 0.248 e. The molecular weight excluding hydrogens is 414 g/mol. The summed E-state index contributed by atoms with van der Waals surface area (Å²) in [6, 6.07) is 18.1. The van der Waals surface area contributed by atoms with E-state index in [2.05, 4.69) is 4.99 Å². The van der Waals surface area contributed by atoms with Crippen LogP contribution in [-0.2, 0) is 4.79 Å². The van der Waals surface area contributed by atoms with Gasteiger partial charge >= 0.3 is 0 Å². The molecule has 4 rings (SSSR count). The Morgan fingerprint density at radius 1 is 1.06 bits per heavy atom. The van der Waals surface area contributed by atoms with Crippen molar-refractivity contribution in [3.63, 3.8) is 0 Å². The zero-order chi connectivity index (χ0) is 22.1. The first-order chi connectivity index (χ1) is 14.9. The van der Waals surface area contributed by atoms with Gasteiger partial charge in [-0.05, 0) is 24.3 Å². The maximum atomic E-state index is 12.6. The average Bonchev–Trinajstić information content (AvgIpc) is 2.90. The standard InChI is InChI=1S/C24H20ClN3O3/c1-28-20-12-21(31-2)17(16-8-3-4-9-19(16)25)11-18(20)23(27-13-22(28)29)14-6-5-7-15(10-14)24(26)30/h3-12H,13H2,1-2H3,(H2,26,30). The third-order valence-electron chi connectivity index (χ3n) is 5.27. The van der Waals surface area contributed by atoms with Gasteiger partial charge in [-0.2, -0.15) is 0 Å². The number of benzodiazepines with no additional fused rings is 1. The summed E-state index contributed by atoms with van der Waals surface area (Å²) in [6.45, 7) is -0.0228. The molecule has 0 aliphatic carbocycles. The predicted molar refractivity (Wildman–Crippen MR) is 122 cm³/mol. The van der Waals surface area contributed by atoms with Gasteiger partial charge < -0.3 is 15.4 Å². The van der Waals surface area contributed by atoms with Crippen LogP contribution in [0, 0.1) is 0 Å². The number of fused-ring (bicyclic) bond motifs is 1. The van der Waals surface area contributed by atoms with Crippen molar-refractivity contribution in [2.75, 3.05) is 25.6 Å². The van der Waals surface area contributed by atoms with Gasteiger partial charge in [-0.15, -0.1) is 0 Å². The highest BCUT2D eigenvalue weighted by Gasteiger charge is 2.26. The number of primary amides is 1. The summed E-state index contributed by atoms with van der Waals surface area (Å²) in [5.74, 6) is -0.107. The molecule has 0 spiro atoms. The molecule has 2 N–H and O–H groups in total. The molecule has 1 aliphatic heterocycles. The number of amides is 2. The molecule has 2 amide bonds. The van der Waals surface area contributed by atoms with Gasteiger partial charge in [-0.3, -0.25) is 14.6 Å². The van der Waals surface area contributed by atoms with Gasteiger partial charge in [0.15, 0.2) is 0 Å². The summed E-state index contributed by atoms with van der Waals surface area (Å²) in [4.78, 5) is 30.5. The van der Waals surface area contributed by atoms with Crippen LogP contribution in [-0.4, -0.2) is 38.2 Å². The number of likely N-dealkylation sites (N-methyl/N-ethyl adjacent to an activating group) is 1. The Morgan fingerprint density at radius 3 is 2.55 bits per heavy atom. The number of benzene rings is 3. The van der Waals surface area contributed by atoms with Crippen molar-refractivity contribution in [1.29, 1.82) is 0 Å². The first kappa shape index (κ1) is 20.6. The van der Waals surface area contributed by atoms with E-state index in [9.17, 15) is 9.59 Å². The molecule has 7 heteroatoms. The highest BCUT2D eigenvalue weighted by atomic mass is 35.5. The van der Waals surface area contributed by atoms with Crippen LogP contribution in [0.1, 0.15) is 21.5 Å². The molecule has 0 saturated carbocycles. The molecule has 0 unspecified atom stereocenters. The molecule has 0 saturated heterocycles. The Bertz CT molecular complexity index is 1240. The highest BCUT2D eigenvalue weighted by molar-refractivity contribution is 6.33. The van der Waals surface area contributed by atoms with Crippen LogP contribution in [0.5, 0.6) is 5.75 Å². The van der Waals surface area contributed by atoms with E-state index in [1.807, 2.05) is 42.5 Å². The number of aliphatic imine (C=N–C) groups is 1. The average molecular weight is 434 g/mol. The van der Waals surface area contributed by atoms with E-state index in [0.29, 0.717) is 33.3 Å². The molecule has 156 valence electrons. The molecule has 3 aromatic rings. The van der Waals surface area contributed by atoms with Crippen LogP contribution in [0.4, 0.5) is 5.69 Å². The lowest BCUT2D eigenvalue weighted by molar-refractivity contribution is -0.116. The minimum Gasteiger partial charge on any atom is -0.496 e. The Kier molecular flexibility index (Phi) is 5.48. The van der Waals surface area contributed by atoms with Gasteiger partial charge in [-0.25, -0.2) is 0 Å². The Balaban J connectivity index is 2.00. The van der Waals surface area contributed by atoms with Gasteiger partial charge in [0, 0.05) is 46.0 Å². The van der Waals surface area contributed by atoms with Crippen molar-refractivity contribution in [3.8, 4) is 16.9 Å². The van der Waals surface area contributed by atoms with E-state index in [0.717, 1.165) is 16.7 Å². The van der Waals surface area contributed by atoms with Crippen molar-refractivity contribution < 1.29 is 14.3 Å². The molecule has 31 heavy (non-hydrogen) atoms. The number of halogens is 1. The molecule has 0 atom stereocenters. The van der Waals surface area contributed by atoms with Crippen LogP contribution in [0.25, 0.3) is 11.1 Å². The number of hydrogen-bond acceptors (Lipinski definition) is 4. The number of nitrogens with two attached hydrogens (primary N) is 1. The van der Waals surface area contributed by atoms with Gasteiger partial charge in [0.2, 0.25) is 11.8 Å². The number of carbonyl (C=O) groups excluding carboxylic acids is 2. The van der Waals surface area contributed by atoms with E-state index in [1.165, 1.54) is 0 Å². The second kappa shape index (κ2) is 8.24. The molecule has 0 fully saturated rings. The number of ether oxygens (including phenoxy) is 1. The predicted octanol–water partition coefficient (Wildman–Crippen LogP) is 3.93. The minimum absolute atomic E-state index is 0.0228. The van der Waals surface area contributed by atoms with Crippen LogP contribution < -0.4 is 15.4 Å². The molecule has 0 bridgehead atoms. The minimum atomic E-state index is -0.532. The largest absolute Gasteiger partial charge is 0.496 e. The summed E-state index contributed by atoms with van der Waals surface area (Å²) in [7, 11) is 3.28. The van der Waals surface area contributed by atoms with Crippen molar-refractivity contribution in [3.05, 3.63) is 82.4 Å². The first-order valence-corrected chi connectivity index (χ1v) is 9.97. The van der Waals surface area contributed by atoms with E-state index in [-0.39, 0.29) is 12.5 Å². The van der Waals surface area contributed by atoms with Crippen molar-refractivity contribution >= 4 is 34.8 Å². The van der Waals surface area contributed by atoms with Crippen molar-refractivity contribution in [2.24, 2.45) is 10.7 Å². The molecule has 1 heterocycles. The molecule has 0 aromatic heterocycles. The summed E-state index contributed by atoms with van der Waals surface area (Å²) >= 11 is 6.46. The molecule has 6 nitrogen and oxygen atoms in total. The van der Waals surface area contributed by atoms with Crippen LogP contribution in [0.2, 0.25) is 5.02 Å². The van der Waals surface area contributed by atoms with Crippen LogP contribution in [0.3, 0.4) is 0 Å². The molecule has 0 radical (unpaired) electrons. The lowest BCUT2D eigenvalue weighted by Crippen LogP contribution is -2.27. The Morgan fingerprint density at radius 2 is 1.84 bits per heavy atom. The van der Waals surface area contributed by atoms with Crippen molar-refractivity contribution in [1.82, 2.24) is 0 Å². The smallest absolute Gasteiger partial charge is 0.248 e. The van der Waals surface area contributed by atoms with E-state index in [1.54, 1.807) is 37.3 Å². The summed E-state index contributed by atoms with van der Waals surface area (Å²) in [5.41, 5.74) is 10.1. The van der Waals surface area contributed by atoms with Crippen molar-refractivity contribution in [2.45, 2.75) is 0 Å². The zero-order valence-corrected chi connectivity index (χ0v) is 17.8. The van der Waals surface area contributed by atoms with Gasteiger partial charge in [0.05, 0.1) is 18.5 Å². The SMILES string of the molecule is COc1cc2c(cc1-c1ccccc1Cl)C(c1cccc(C(N)=O)c1)=NCC(=O)N2C. The fraction of sp³-hybridized carbons (Fsp3) is 0.125. The number of nitrogens with zero attached hydrogens (tertiary/aromatic N) is 2. The van der Waals surface area contributed by atoms with Crippen LogP contribution >= 0.6 is 11.6 Å². The fourth-order valence-corrected chi connectivity index (χ4v) is 3.87. The first-order valence-electron chi connectivity index (χ1n) is 9.59. The summed E-state index contributed by atoms with van der Waals surface area (Å²) in [5, 5.41) is 0.577. The highest BCUT2D eigenvalue weighted by Crippen LogP contribution is 2.40. The Hall–Kier alpha value is -3.64. The second-order valence-electron chi connectivity index (χ2n) is 7.11. The van der Waals surface area contributed by atoms with E-state index < -0.39 is 5.91 Å². The van der Waals surface area contributed by atoms with E-state index >= 15 is 0 Å². The van der Waals surface area contributed by atoms with E-state index in [4.69, 9.17) is 22.1 Å². The molecular formula is C24H20ClN3O3. The summed E-state index contributed by atoms with van der Waals surface area (Å²) < 4.78 is 5.64. The normalized spacial score (nSPS) is 13.3. The lowest BCUT2D eigenvalue weighted by Gasteiger charge is -2.21. The monoisotopic (exact) mass is 433 g/mol. The third kappa shape index (κ3) is 3.78. The quantitative estimate of drug-likeness (QED) is 0.676. The van der Waals surface area contributed by atoms with Crippen LogP contribution in [0.15, 0.2) is 65.7 Å². The molecule has 3 aromatic carbocycles. The number of rotatable bonds is 4.